The van der Waals surface area contributed by atoms with Crippen LogP contribution in [0.3, 0.4) is 0 Å². The van der Waals surface area contributed by atoms with E-state index in [1.807, 2.05) is 30.3 Å². The van der Waals surface area contributed by atoms with Crippen LogP contribution in [0.25, 0.3) is 6.08 Å². The number of hydrogen-bond donors (Lipinski definition) is 0. The van der Waals surface area contributed by atoms with Gasteiger partial charge in [0.25, 0.3) is 0 Å². The Hall–Kier alpha value is -1.28. The molecule has 3 heteroatoms. The van der Waals surface area contributed by atoms with Crippen molar-refractivity contribution in [3.8, 4) is 0 Å². The van der Waals surface area contributed by atoms with E-state index in [1.54, 1.807) is 6.08 Å². The van der Waals surface area contributed by atoms with E-state index in [0.29, 0.717) is 12.1 Å². The maximum atomic E-state index is 13.0. The molecule has 0 radical (unpaired) electrons. The lowest BCUT2D eigenvalue weighted by molar-refractivity contribution is -0.132. The molecule has 2 nitrogen and oxygen atoms in total. The number of amides is 1. The fourth-order valence-corrected chi connectivity index (χ4v) is 4.33. The minimum absolute atomic E-state index is 0.198. The van der Waals surface area contributed by atoms with E-state index in [4.69, 9.17) is 11.6 Å². The normalized spacial score (nSPS) is 20.4. The van der Waals surface area contributed by atoms with Gasteiger partial charge in [0.1, 0.15) is 0 Å². The molecule has 130 valence electrons. The zero-order chi connectivity index (χ0) is 16.8. The predicted molar refractivity (Wildman–Crippen MR) is 101 cm³/mol. The molecule has 0 aliphatic heterocycles. The van der Waals surface area contributed by atoms with Gasteiger partial charge in [0.2, 0.25) is 5.91 Å². The highest BCUT2D eigenvalue weighted by Gasteiger charge is 2.31. The van der Waals surface area contributed by atoms with Crippen LogP contribution in [0.15, 0.2) is 30.3 Å². The Morgan fingerprint density at radius 1 is 0.875 bits per heavy atom. The van der Waals surface area contributed by atoms with Gasteiger partial charge in [-0.25, -0.2) is 0 Å². The maximum Gasteiger partial charge on any atom is 0.247 e. The summed E-state index contributed by atoms with van der Waals surface area (Å²) in [6, 6.07) is 8.54. The summed E-state index contributed by atoms with van der Waals surface area (Å²) in [6.45, 7) is 0. The van der Waals surface area contributed by atoms with Crippen LogP contribution in [-0.4, -0.2) is 22.9 Å². The van der Waals surface area contributed by atoms with E-state index in [0.717, 1.165) is 10.6 Å². The van der Waals surface area contributed by atoms with Crippen molar-refractivity contribution in [1.29, 1.82) is 0 Å². The standard InChI is InChI=1S/C21H28ClNO/c22-18-14-11-17(12-15-18)13-16-21(24)23(19-7-3-1-4-8-19)20-9-5-2-6-10-20/h11-16,19-20H,1-10H2/b16-13+. The third-order valence-electron chi connectivity index (χ3n) is 5.48. The van der Waals surface area contributed by atoms with E-state index < -0.39 is 0 Å². The molecule has 0 N–H and O–H groups in total. The topological polar surface area (TPSA) is 20.3 Å². The van der Waals surface area contributed by atoms with Gasteiger partial charge in [0, 0.05) is 23.2 Å². The number of hydrogen-bond acceptors (Lipinski definition) is 1. The number of benzene rings is 1. The van der Waals surface area contributed by atoms with Crippen LogP contribution in [0.4, 0.5) is 0 Å². The first-order valence-corrected chi connectivity index (χ1v) is 9.88. The molecule has 0 aromatic heterocycles. The molecule has 0 bridgehead atoms. The Labute approximate surface area is 150 Å². The van der Waals surface area contributed by atoms with Gasteiger partial charge in [0.05, 0.1) is 0 Å². The van der Waals surface area contributed by atoms with Gasteiger partial charge in [-0.05, 0) is 49.5 Å². The first kappa shape index (κ1) is 17.5. The van der Waals surface area contributed by atoms with E-state index in [2.05, 4.69) is 4.90 Å². The van der Waals surface area contributed by atoms with Gasteiger partial charge >= 0.3 is 0 Å². The lowest BCUT2D eigenvalue weighted by atomic mass is 9.88. The Bertz CT molecular complexity index is 536. The molecular formula is C21H28ClNO. The molecule has 1 aromatic carbocycles. The summed E-state index contributed by atoms with van der Waals surface area (Å²) in [6.07, 6.45) is 16.1. The van der Waals surface area contributed by atoms with Crippen molar-refractivity contribution in [2.24, 2.45) is 0 Å². The van der Waals surface area contributed by atoms with Crippen LogP contribution >= 0.6 is 11.6 Å². The highest BCUT2D eigenvalue weighted by molar-refractivity contribution is 6.30. The Kier molecular flexibility index (Phi) is 6.37. The highest BCUT2D eigenvalue weighted by atomic mass is 35.5. The Morgan fingerprint density at radius 3 is 1.88 bits per heavy atom. The summed E-state index contributed by atoms with van der Waals surface area (Å²) in [4.78, 5) is 15.2. The molecule has 0 spiro atoms. The molecular weight excluding hydrogens is 318 g/mol. The molecule has 24 heavy (non-hydrogen) atoms. The first-order valence-electron chi connectivity index (χ1n) is 9.50. The lowest BCUT2D eigenvalue weighted by Crippen LogP contribution is -2.48. The van der Waals surface area contributed by atoms with Crippen molar-refractivity contribution in [3.63, 3.8) is 0 Å². The van der Waals surface area contributed by atoms with Crippen molar-refractivity contribution in [2.45, 2.75) is 76.3 Å². The van der Waals surface area contributed by atoms with Gasteiger partial charge in [-0.3, -0.25) is 4.79 Å². The smallest absolute Gasteiger partial charge is 0.247 e. The molecule has 1 amide bonds. The van der Waals surface area contributed by atoms with Crippen molar-refractivity contribution in [1.82, 2.24) is 4.90 Å². The van der Waals surface area contributed by atoms with Crippen LogP contribution in [0.2, 0.25) is 5.02 Å². The number of nitrogens with zero attached hydrogens (tertiary/aromatic N) is 1. The van der Waals surface area contributed by atoms with Crippen LogP contribution in [-0.2, 0) is 4.79 Å². The zero-order valence-corrected chi connectivity index (χ0v) is 15.2. The second kappa shape index (κ2) is 8.71. The van der Waals surface area contributed by atoms with Crippen LogP contribution < -0.4 is 0 Å². The van der Waals surface area contributed by atoms with Crippen molar-refractivity contribution in [3.05, 3.63) is 40.9 Å². The van der Waals surface area contributed by atoms with E-state index in [-0.39, 0.29) is 5.91 Å². The quantitative estimate of drug-likeness (QED) is 0.627. The summed E-state index contributed by atoms with van der Waals surface area (Å²) in [7, 11) is 0. The molecule has 2 saturated carbocycles. The van der Waals surface area contributed by atoms with Gasteiger partial charge in [-0.1, -0.05) is 62.3 Å². The summed E-state index contributed by atoms with van der Waals surface area (Å²) in [5, 5.41) is 0.726. The van der Waals surface area contributed by atoms with E-state index in [1.165, 1.54) is 64.2 Å². The summed E-state index contributed by atoms with van der Waals surface area (Å²) >= 11 is 5.93. The molecule has 0 saturated heterocycles. The van der Waals surface area contributed by atoms with E-state index in [9.17, 15) is 4.79 Å². The van der Waals surface area contributed by atoms with E-state index >= 15 is 0 Å². The second-order valence-corrected chi connectivity index (χ2v) is 7.65. The van der Waals surface area contributed by atoms with Gasteiger partial charge < -0.3 is 4.90 Å². The number of carbonyl (C=O) groups is 1. The minimum atomic E-state index is 0.198. The van der Waals surface area contributed by atoms with Gasteiger partial charge in [-0.15, -0.1) is 0 Å². The molecule has 2 fully saturated rings. The Balaban J connectivity index is 1.72. The zero-order valence-electron chi connectivity index (χ0n) is 14.4. The Morgan fingerprint density at radius 2 is 1.38 bits per heavy atom. The molecule has 3 rings (SSSR count). The first-order chi connectivity index (χ1) is 11.7. The largest absolute Gasteiger partial charge is 0.333 e. The number of halogens is 1. The molecule has 1 aromatic rings. The van der Waals surface area contributed by atoms with Crippen LogP contribution in [0, 0.1) is 0 Å². The third-order valence-corrected chi connectivity index (χ3v) is 5.73. The fraction of sp³-hybridized carbons (Fsp3) is 0.571. The van der Waals surface area contributed by atoms with Crippen molar-refractivity contribution >= 4 is 23.6 Å². The van der Waals surface area contributed by atoms with Crippen molar-refractivity contribution < 1.29 is 4.79 Å². The predicted octanol–water partition coefficient (Wildman–Crippen LogP) is 5.85. The second-order valence-electron chi connectivity index (χ2n) is 7.21. The molecule has 0 atom stereocenters. The lowest BCUT2D eigenvalue weighted by Gasteiger charge is -2.41. The SMILES string of the molecule is O=C(/C=C/c1ccc(Cl)cc1)N(C1CCCCC1)C1CCCCC1. The van der Waals surface area contributed by atoms with Crippen LogP contribution in [0.1, 0.15) is 69.8 Å². The summed E-state index contributed by atoms with van der Waals surface area (Å²) < 4.78 is 0. The molecule has 2 aliphatic carbocycles. The average Bonchev–Trinajstić information content (AvgIpc) is 2.63. The number of carbonyl (C=O) groups excluding carboxylic acids is 1. The monoisotopic (exact) mass is 345 g/mol. The third kappa shape index (κ3) is 4.63. The molecule has 0 unspecified atom stereocenters. The fourth-order valence-electron chi connectivity index (χ4n) is 4.20. The maximum absolute atomic E-state index is 13.0. The van der Waals surface area contributed by atoms with Gasteiger partial charge in [0.15, 0.2) is 0 Å². The minimum Gasteiger partial charge on any atom is -0.333 e. The average molecular weight is 346 g/mol. The molecule has 2 aliphatic rings. The van der Waals surface area contributed by atoms with Crippen LogP contribution in [0.5, 0.6) is 0 Å². The van der Waals surface area contributed by atoms with Crippen molar-refractivity contribution in [2.75, 3.05) is 0 Å². The summed E-state index contributed by atoms with van der Waals surface area (Å²) in [5.74, 6) is 0.198. The molecule has 0 heterocycles. The highest BCUT2D eigenvalue weighted by Crippen LogP contribution is 2.30. The summed E-state index contributed by atoms with van der Waals surface area (Å²) in [5.41, 5.74) is 1.03. The van der Waals surface area contributed by atoms with Gasteiger partial charge in [-0.2, -0.15) is 0 Å². The number of rotatable bonds is 4.